The first kappa shape index (κ1) is 11.4. The van der Waals surface area contributed by atoms with Crippen molar-refractivity contribution in [3.8, 4) is 5.69 Å². The molecule has 0 radical (unpaired) electrons. The lowest BCUT2D eigenvalue weighted by molar-refractivity contribution is 0.0697. The van der Waals surface area contributed by atoms with Crippen LogP contribution in [-0.2, 0) is 0 Å². The minimum absolute atomic E-state index is 0.0901. The zero-order valence-electron chi connectivity index (χ0n) is 7.89. The number of carboxylic acid groups (broad SMARTS) is 1. The fourth-order valence-electron chi connectivity index (χ4n) is 1.26. The van der Waals surface area contributed by atoms with Gasteiger partial charge < -0.3 is 5.11 Å². The van der Waals surface area contributed by atoms with Crippen molar-refractivity contribution in [2.75, 3.05) is 0 Å². The largest absolute Gasteiger partial charge is 0.478 e. The highest BCUT2D eigenvalue weighted by atomic mass is 127. The minimum Gasteiger partial charge on any atom is -0.478 e. The summed E-state index contributed by atoms with van der Waals surface area (Å²) in [6.45, 7) is 0. The SMILES string of the molecule is O=C(O)c1ccc(-n2cc(I)cn2)cc1Cl. The van der Waals surface area contributed by atoms with Gasteiger partial charge in [-0.05, 0) is 40.8 Å². The molecule has 0 saturated carbocycles. The lowest BCUT2D eigenvalue weighted by Crippen LogP contribution is -2.00. The summed E-state index contributed by atoms with van der Waals surface area (Å²) in [6, 6.07) is 4.71. The van der Waals surface area contributed by atoms with Crippen molar-refractivity contribution in [1.29, 1.82) is 0 Å². The molecule has 1 N–H and O–H groups in total. The predicted molar refractivity (Wildman–Crippen MR) is 68.3 cm³/mol. The molecule has 0 amide bonds. The van der Waals surface area contributed by atoms with Gasteiger partial charge in [-0.15, -0.1) is 0 Å². The van der Waals surface area contributed by atoms with E-state index < -0.39 is 5.97 Å². The first-order valence-electron chi connectivity index (χ1n) is 4.31. The Morgan fingerprint density at radius 1 is 1.50 bits per heavy atom. The Kier molecular flexibility index (Phi) is 3.15. The summed E-state index contributed by atoms with van der Waals surface area (Å²) in [6.07, 6.45) is 3.53. The first-order valence-corrected chi connectivity index (χ1v) is 5.77. The summed E-state index contributed by atoms with van der Waals surface area (Å²) in [7, 11) is 0. The third kappa shape index (κ3) is 2.19. The third-order valence-corrected chi connectivity index (χ3v) is 2.87. The number of hydrogen-bond donors (Lipinski definition) is 1. The maximum absolute atomic E-state index is 10.8. The Bertz CT molecular complexity index is 554. The Morgan fingerprint density at radius 2 is 2.25 bits per heavy atom. The van der Waals surface area contributed by atoms with Crippen LogP contribution in [0, 0.1) is 3.57 Å². The summed E-state index contributed by atoms with van der Waals surface area (Å²) in [4.78, 5) is 10.8. The van der Waals surface area contributed by atoms with E-state index in [4.69, 9.17) is 16.7 Å². The Morgan fingerprint density at radius 3 is 2.75 bits per heavy atom. The number of halogens is 2. The normalized spacial score (nSPS) is 10.4. The van der Waals surface area contributed by atoms with Gasteiger partial charge in [0.1, 0.15) is 0 Å². The summed E-state index contributed by atoms with van der Waals surface area (Å²) >= 11 is 8.00. The van der Waals surface area contributed by atoms with Gasteiger partial charge in [-0.2, -0.15) is 5.10 Å². The van der Waals surface area contributed by atoms with Crippen molar-refractivity contribution < 1.29 is 9.90 Å². The number of aromatic nitrogens is 2. The molecule has 0 atom stereocenters. The van der Waals surface area contributed by atoms with E-state index in [1.54, 1.807) is 23.0 Å². The fourth-order valence-corrected chi connectivity index (χ4v) is 1.91. The Balaban J connectivity index is 2.45. The van der Waals surface area contributed by atoms with E-state index in [9.17, 15) is 4.79 Å². The van der Waals surface area contributed by atoms with Crippen molar-refractivity contribution in [2.45, 2.75) is 0 Å². The van der Waals surface area contributed by atoms with Gasteiger partial charge in [0.15, 0.2) is 0 Å². The number of nitrogens with zero attached hydrogens (tertiary/aromatic N) is 2. The number of rotatable bonds is 2. The number of carboxylic acids is 1. The standard InChI is InChI=1S/C10H6ClIN2O2/c11-9-3-7(1-2-8(9)10(15)16)14-5-6(12)4-13-14/h1-5H,(H,15,16). The molecule has 0 unspecified atom stereocenters. The Labute approximate surface area is 110 Å². The molecule has 0 aliphatic heterocycles. The van der Waals surface area contributed by atoms with E-state index >= 15 is 0 Å². The predicted octanol–water partition coefficient (Wildman–Crippen LogP) is 2.83. The molecule has 16 heavy (non-hydrogen) atoms. The molecule has 0 fully saturated rings. The van der Waals surface area contributed by atoms with Crippen LogP contribution in [0.15, 0.2) is 30.6 Å². The highest BCUT2D eigenvalue weighted by Gasteiger charge is 2.09. The number of benzene rings is 1. The molecule has 82 valence electrons. The van der Waals surface area contributed by atoms with Crippen molar-refractivity contribution in [3.63, 3.8) is 0 Å². The molecule has 0 aliphatic rings. The molecule has 1 aromatic heterocycles. The lowest BCUT2D eigenvalue weighted by atomic mass is 10.2. The maximum atomic E-state index is 10.8. The van der Waals surface area contributed by atoms with Crippen LogP contribution in [0.4, 0.5) is 0 Å². The number of carbonyl (C=O) groups is 1. The number of hydrogen-bond acceptors (Lipinski definition) is 2. The van der Waals surface area contributed by atoms with Crippen LogP contribution in [0.5, 0.6) is 0 Å². The van der Waals surface area contributed by atoms with Crippen LogP contribution >= 0.6 is 34.2 Å². The molecule has 0 aliphatic carbocycles. The maximum Gasteiger partial charge on any atom is 0.337 e. The highest BCUT2D eigenvalue weighted by Crippen LogP contribution is 2.20. The van der Waals surface area contributed by atoms with E-state index in [1.807, 2.05) is 6.20 Å². The monoisotopic (exact) mass is 348 g/mol. The topological polar surface area (TPSA) is 55.1 Å². The first-order chi connectivity index (χ1) is 7.58. The van der Waals surface area contributed by atoms with Crippen LogP contribution < -0.4 is 0 Å². The van der Waals surface area contributed by atoms with Crippen molar-refractivity contribution in [1.82, 2.24) is 9.78 Å². The second kappa shape index (κ2) is 4.42. The summed E-state index contributed by atoms with van der Waals surface area (Å²) in [5.74, 6) is -1.04. The van der Waals surface area contributed by atoms with Gasteiger partial charge in [0, 0.05) is 6.20 Å². The molecule has 0 saturated heterocycles. The Hall–Kier alpha value is -1.08. The molecular weight excluding hydrogens is 342 g/mol. The van der Waals surface area contributed by atoms with Gasteiger partial charge in [-0.25, -0.2) is 9.48 Å². The summed E-state index contributed by atoms with van der Waals surface area (Å²) < 4.78 is 2.63. The third-order valence-electron chi connectivity index (χ3n) is 2.00. The van der Waals surface area contributed by atoms with Crippen LogP contribution in [0.1, 0.15) is 10.4 Å². The van der Waals surface area contributed by atoms with Gasteiger partial charge in [0.25, 0.3) is 0 Å². The smallest absolute Gasteiger partial charge is 0.337 e. The van der Waals surface area contributed by atoms with E-state index in [2.05, 4.69) is 27.7 Å². The molecule has 4 nitrogen and oxygen atoms in total. The quantitative estimate of drug-likeness (QED) is 0.849. The van der Waals surface area contributed by atoms with Gasteiger partial charge in [-0.1, -0.05) is 11.6 Å². The molecule has 0 spiro atoms. The fraction of sp³-hybridized carbons (Fsp3) is 0. The van der Waals surface area contributed by atoms with Gasteiger partial charge in [-0.3, -0.25) is 0 Å². The van der Waals surface area contributed by atoms with E-state index in [-0.39, 0.29) is 10.6 Å². The molecular formula is C10H6ClIN2O2. The molecule has 1 aromatic carbocycles. The van der Waals surface area contributed by atoms with Gasteiger partial charge in [0.05, 0.1) is 26.0 Å². The van der Waals surface area contributed by atoms with Crippen LogP contribution in [0.3, 0.4) is 0 Å². The number of aromatic carboxylic acids is 1. The zero-order valence-corrected chi connectivity index (χ0v) is 10.8. The van der Waals surface area contributed by atoms with Crippen molar-refractivity contribution >= 4 is 40.2 Å². The van der Waals surface area contributed by atoms with Gasteiger partial charge in [0.2, 0.25) is 0 Å². The summed E-state index contributed by atoms with van der Waals surface area (Å²) in [5.41, 5.74) is 0.824. The molecule has 1 heterocycles. The average Bonchev–Trinajstić information content (AvgIpc) is 2.64. The second-order valence-corrected chi connectivity index (χ2v) is 4.73. The van der Waals surface area contributed by atoms with Crippen LogP contribution in [0.25, 0.3) is 5.69 Å². The molecule has 6 heteroatoms. The minimum atomic E-state index is -1.04. The van der Waals surface area contributed by atoms with Crippen LogP contribution in [-0.4, -0.2) is 20.9 Å². The highest BCUT2D eigenvalue weighted by molar-refractivity contribution is 14.1. The van der Waals surface area contributed by atoms with Gasteiger partial charge >= 0.3 is 5.97 Å². The average molecular weight is 349 g/mol. The van der Waals surface area contributed by atoms with Crippen molar-refractivity contribution in [3.05, 3.63) is 44.7 Å². The molecule has 2 aromatic rings. The second-order valence-electron chi connectivity index (χ2n) is 3.07. The van der Waals surface area contributed by atoms with E-state index in [0.717, 1.165) is 9.26 Å². The molecule has 2 rings (SSSR count). The van der Waals surface area contributed by atoms with Crippen molar-refractivity contribution in [2.24, 2.45) is 0 Å². The summed E-state index contributed by atoms with van der Waals surface area (Å²) in [5, 5.41) is 13.1. The van der Waals surface area contributed by atoms with E-state index in [1.165, 1.54) is 6.07 Å². The lowest BCUT2D eigenvalue weighted by Gasteiger charge is -2.03. The van der Waals surface area contributed by atoms with Crippen LogP contribution in [0.2, 0.25) is 5.02 Å². The zero-order chi connectivity index (χ0) is 11.7. The van der Waals surface area contributed by atoms with E-state index in [0.29, 0.717) is 0 Å². The molecule has 0 bridgehead atoms.